The largest absolute Gasteiger partial charge is 0.494 e. The predicted molar refractivity (Wildman–Crippen MR) is 157 cm³/mol. The third-order valence-electron chi connectivity index (χ3n) is 7.47. The van der Waals surface area contributed by atoms with Crippen molar-refractivity contribution in [2.75, 3.05) is 6.61 Å². The Morgan fingerprint density at radius 1 is 0.769 bits per heavy atom. The van der Waals surface area contributed by atoms with Crippen LogP contribution in [0.1, 0.15) is 136 Å². The van der Waals surface area contributed by atoms with E-state index in [9.17, 15) is 9.59 Å². The average Bonchev–Trinajstić information content (AvgIpc) is 2.94. The van der Waals surface area contributed by atoms with Crippen LogP contribution in [0.2, 0.25) is 0 Å². The summed E-state index contributed by atoms with van der Waals surface area (Å²) in [6.07, 6.45) is 18.9. The zero-order valence-electron chi connectivity index (χ0n) is 24.2. The van der Waals surface area contributed by atoms with E-state index in [2.05, 4.69) is 13.8 Å². The maximum absolute atomic E-state index is 12.8. The number of rotatable bonds is 19. The minimum atomic E-state index is -0.493. The van der Waals surface area contributed by atoms with E-state index in [1.807, 2.05) is 18.2 Å². The Kier molecular flexibility index (Phi) is 13.9. The molecule has 0 bridgehead atoms. The fraction of sp³-hybridized carbons (Fsp3) is 0.588. The summed E-state index contributed by atoms with van der Waals surface area (Å²) in [6, 6.07) is 12.3. The molecule has 0 saturated carbocycles. The molecule has 0 aromatic heterocycles. The lowest BCUT2D eigenvalue weighted by Crippen LogP contribution is -2.28. The van der Waals surface area contributed by atoms with Crippen molar-refractivity contribution >= 4 is 11.9 Å². The highest BCUT2D eigenvalue weighted by Gasteiger charge is 2.27. The molecule has 0 amide bonds. The first-order valence-corrected chi connectivity index (χ1v) is 15.4. The Morgan fingerprint density at radius 3 is 2.03 bits per heavy atom. The van der Waals surface area contributed by atoms with Gasteiger partial charge in [0.25, 0.3) is 0 Å². The Bertz CT molecular complexity index is 997. The number of carbonyl (C=O) groups excluding carboxylic acids is 2. The van der Waals surface area contributed by atoms with Gasteiger partial charge in [-0.25, -0.2) is 9.59 Å². The molecule has 3 rings (SSSR count). The molecule has 1 aliphatic heterocycles. The molecule has 0 radical (unpaired) electrons. The molecule has 5 heteroatoms. The molecule has 1 atom stereocenters. The predicted octanol–water partition coefficient (Wildman–Crippen LogP) is 9.26. The van der Waals surface area contributed by atoms with Crippen LogP contribution in [0.5, 0.6) is 11.5 Å². The highest BCUT2D eigenvalue weighted by atomic mass is 16.5. The van der Waals surface area contributed by atoms with Gasteiger partial charge in [-0.2, -0.15) is 0 Å². The van der Waals surface area contributed by atoms with Gasteiger partial charge in [-0.15, -0.1) is 0 Å². The van der Waals surface area contributed by atoms with Crippen molar-refractivity contribution in [1.82, 2.24) is 0 Å². The molecule has 1 aliphatic rings. The van der Waals surface area contributed by atoms with Crippen molar-refractivity contribution in [3.05, 3.63) is 59.2 Å². The van der Waals surface area contributed by atoms with Crippen LogP contribution in [0.4, 0.5) is 0 Å². The maximum Gasteiger partial charge on any atom is 0.343 e. The SMILES string of the molecule is CCCCCCCCCCOc1ccc(OC(=O)c2ccc3c(c2)C(=O)O[C@H](CCCCCCCC)C3)cc1. The van der Waals surface area contributed by atoms with Crippen molar-refractivity contribution in [2.45, 2.75) is 123 Å². The third-order valence-corrected chi connectivity index (χ3v) is 7.47. The van der Waals surface area contributed by atoms with Gasteiger partial charge in [0, 0.05) is 6.42 Å². The number of carbonyl (C=O) groups is 2. The Hall–Kier alpha value is -2.82. The van der Waals surface area contributed by atoms with Crippen molar-refractivity contribution in [3.63, 3.8) is 0 Å². The second-order valence-electron chi connectivity index (χ2n) is 10.8. The number of cyclic esters (lactones) is 1. The summed E-state index contributed by atoms with van der Waals surface area (Å²) < 4.78 is 17.1. The zero-order chi connectivity index (χ0) is 27.7. The number of ether oxygens (including phenoxy) is 3. The van der Waals surface area contributed by atoms with Crippen LogP contribution in [0, 0.1) is 0 Å². The molecule has 0 N–H and O–H groups in total. The van der Waals surface area contributed by atoms with E-state index in [0.717, 1.165) is 30.6 Å². The molecule has 39 heavy (non-hydrogen) atoms. The van der Waals surface area contributed by atoms with Gasteiger partial charge in [-0.3, -0.25) is 0 Å². The normalized spacial score (nSPS) is 14.5. The lowest BCUT2D eigenvalue weighted by atomic mass is 9.94. The Morgan fingerprint density at radius 2 is 1.36 bits per heavy atom. The van der Waals surface area contributed by atoms with Gasteiger partial charge in [0.15, 0.2) is 0 Å². The topological polar surface area (TPSA) is 61.8 Å². The molecule has 0 aliphatic carbocycles. The van der Waals surface area contributed by atoms with Gasteiger partial charge in [-0.05, 0) is 61.2 Å². The lowest BCUT2D eigenvalue weighted by molar-refractivity contribution is 0.0232. The third kappa shape index (κ3) is 11.1. The maximum atomic E-state index is 12.8. The van der Waals surface area contributed by atoms with Gasteiger partial charge in [0.2, 0.25) is 0 Å². The van der Waals surface area contributed by atoms with Crippen molar-refractivity contribution in [1.29, 1.82) is 0 Å². The fourth-order valence-electron chi connectivity index (χ4n) is 5.08. The zero-order valence-corrected chi connectivity index (χ0v) is 24.2. The summed E-state index contributed by atoms with van der Waals surface area (Å²) in [7, 11) is 0. The monoisotopic (exact) mass is 536 g/mol. The van der Waals surface area contributed by atoms with E-state index in [-0.39, 0.29) is 12.1 Å². The van der Waals surface area contributed by atoms with Crippen LogP contribution < -0.4 is 9.47 Å². The van der Waals surface area contributed by atoms with Crippen LogP contribution in [0.3, 0.4) is 0 Å². The number of esters is 2. The van der Waals surface area contributed by atoms with E-state index in [0.29, 0.717) is 29.9 Å². The summed E-state index contributed by atoms with van der Waals surface area (Å²) in [4.78, 5) is 25.4. The van der Waals surface area contributed by atoms with Gasteiger partial charge in [0.05, 0.1) is 17.7 Å². The molecular weight excluding hydrogens is 488 g/mol. The Balaban J connectivity index is 1.39. The van der Waals surface area contributed by atoms with E-state index in [4.69, 9.17) is 14.2 Å². The van der Waals surface area contributed by atoms with Gasteiger partial charge in [0.1, 0.15) is 17.6 Å². The van der Waals surface area contributed by atoms with Gasteiger partial charge < -0.3 is 14.2 Å². The molecule has 2 aromatic rings. The molecule has 0 fully saturated rings. The van der Waals surface area contributed by atoms with E-state index in [1.54, 1.807) is 24.3 Å². The van der Waals surface area contributed by atoms with Gasteiger partial charge >= 0.3 is 11.9 Å². The van der Waals surface area contributed by atoms with E-state index in [1.165, 1.54) is 77.0 Å². The summed E-state index contributed by atoms with van der Waals surface area (Å²) in [6.45, 7) is 5.16. The van der Waals surface area contributed by atoms with Crippen LogP contribution >= 0.6 is 0 Å². The van der Waals surface area contributed by atoms with E-state index < -0.39 is 5.97 Å². The summed E-state index contributed by atoms with van der Waals surface area (Å²) in [5, 5.41) is 0. The molecule has 1 heterocycles. The minimum Gasteiger partial charge on any atom is -0.494 e. The second-order valence-corrected chi connectivity index (χ2v) is 10.8. The second kappa shape index (κ2) is 17.7. The first kappa shape index (κ1) is 30.7. The first-order valence-electron chi connectivity index (χ1n) is 15.4. The first-order chi connectivity index (χ1) is 19.1. The minimum absolute atomic E-state index is 0.0785. The van der Waals surface area contributed by atoms with Crippen LogP contribution in [0.15, 0.2) is 42.5 Å². The quantitative estimate of drug-likeness (QED) is 0.102. The summed E-state index contributed by atoms with van der Waals surface area (Å²) >= 11 is 0. The summed E-state index contributed by atoms with van der Waals surface area (Å²) in [5.41, 5.74) is 1.75. The van der Waals surface area contributed by atoms with Crippen LogP contribution in [-0.4, -0.2) is 24.6 Å². The standard InChI is InChI=1S/C34H48O5/c1-3-5-7-9-11-12-14-16-24-37-29-20-22-30(23-21-29)38-33(35)28-19-18-27-25-31(39-34(36)32(27)26-28)17-15-13-10-8-6-4-2/h18-23,26,31H,3-17,24-25H2,1-2H3/t31-/m1/s1. The van der Waals surface area contributed by atoms with Crippen molar-refractivity contribution in [3.8, 4) is 11.5 Å². The van der Waals surface area contributed by atoms with Crippen molar-refractivity contribution < 1.29 is 23.8 Å². The number of hydrogen-bond acceptors (Lipinski definition) is 5. The molecule has 0 saturated heterocycles. The highest BCUT2D eigenvalue weighted by Crippen LogP contribution is 2.26. The van der Waals surface area contributed by atoms with Crippen LogP contribution in [-0.2, 0) is 11.2 Å². The average molecular weight is 537 g/mol. The molecule has 0 unspecified atom stereocenters. The van der Waals surface area contributed by atoms with E-state index >= 15 is 0 Å². The smallest absolute Gasteiger partial charge is 0.343 e. The molecule has 214 valence electrons. The molecular formula is C34H48O5. The number of hydrogen-bond donors (Lipinski definition) is 0. The number of fused-ring (bicyclic) bond motifs is 1. The fourth-order valence-corrected chi connectivity index (χ4v) is 5.08. The molecule has 2 aromatic carbocycles. The lowest BCUT2D eigenvalue weighted by Gasteiger charge is -2.25. The molecule has 0 spiro atoms. The Labute approximate surface area is 235 Å². The highest BCUT2D eigenvalue weighted by molar-refractivity contribution is 5.97. The summed E-state index contributed by atoms with van der Waals surface area (Å²) in [5.74, 6) is 0.371. The van der Waals surface area contributed by atoms with Gasteiger partial charge in [-0.1, -0.05) is 97.0 Å². The molecule has 5 nitrogen and oxygen atoms in total. The van der Waals surface area contributed by atoms with Crippen molar-refractivity contribution in [2.24, 2.45) is 0 Å². The number of benzene rings is 2. The number of unbranched alkanes of at least 4 members (excludes halogenated alkanes) is 12. The van der Waals surface area contributed by atoms with Crippen LogP contribution in [0.25, 0.3) is 0 Å².